The van der Waals surface area contributed by atoms with Gasteiger partial charge in [0.05, 0.1) is 11.8 Å². The van der Waals surface area contributed by atoms with Crippen LogP contribution in [0.5, 0.6) is 0 Å². The van der Waals surface area contributed by atoms with Gasteiger partial charge in [-0.1, -0.05) is 6.07 Å². The molecule has 1 aliphatic rings. The monoisotopic (exact) mass is 248 g/mol. The summed E-state index contributed by atoms with van der Waals surface area (Å²) in [6.07, 6.45) is 2.07. The fraction of sp³-hybridized carbons (Fsp3) is 0.500. The van der Waals surface area contributed by atoms with Crippen molar-refractivity contribution in [2.45, 2.75) is 31.9 Å². The average molecular weight is 248 g/mol. The fourth-order valence-electron chi connectivity index (χ4n) is 2.56. The summed E-state index contributed by atoms with van der Waals surface area (Å²) in [5, 5.41) is 9.07. The van der Waals surface area contributed by atoms with E-state index in [-0.39, 0.29) is 17.7 Å². The Labute approximate surface area is 107 Å². The zero-order valence-electron chi connectivity index (χ0n) is 10.7. The Morgan fingerprint density at radius 1 is 1.50 bits per heavy atom. The van der Waals surface area contributed by atoms with Gasteiger partial charge >= 0.3 is 0 Å². The van der Waals surface area contributed by atoms with Gasteiger partial charge in [-0.2, -0.15) is 5.26 Å². The van der Waals surface area contributed by atoms with Gasteiger partial charge in [-0.05, 0) is 31.9 Å². The van der Waals surface area contributed by atoms with Crippen molar-refractivity contribution in [3.63, 3.8) is 0 Å². The minimum Gasteiger partial charge on any atom is -0.381 e. The van der Waals surface area contributed by atoms with Gasteiger partial charge in [0.15, 0.2) is 0 Å². The van der Waals surface area contributed by atoms with Crippen LogP contribution < -0.4 is 4.90 Å². The first-order valence-corrected chi connectivity index (χ1v) is 6.15. The van der Waals surface area contributed by atoms with Gasteiger partial charge in [0.1, 0.15) is 17.4 Å². The molecule has 0 aliphatic carbocycles. The Bertz CT molecular complexity index is 469. The van der Waals surface area contributed by atoms with Crippen molar-refractivity contribution in [2.24, 2.45) is 0 Å². The molecule has 96 valence electrons. The van der Waals surface area contributed by atoms with Crippen LogP contribution in [-0.4, -0.2) is 25.8 Å². The molecule has 18 heavy (non-hydrogen) atoms. The normalized spacial score (nSPS) is 23.8. The molecule has 1 aliphatic heterocycles. The van der Waals surface area contributed by atoms with Crippen molar-refractivity contribution < 1.29 is 9.13 Å². The number of hydrogen-bond donors (Lipinski definition) is 0. The highest BCUT2D eigenvalue weighted by atomic mass is 19.1. The molecule has 0 radical (unpaired) electrons. The van der Waals surface area contributed by atoms with Crippen LogP contribution in [0.4, 0.5) is 10.1 Å². The third kappa shape index (κ3) is 2.32. The highest BCUT2D eigenvalue weighted by Crippen LogP contribution is 2.29. The van der Waals surface area contributed by atoms with Crippen molar-refractivity contribution in [3.8, 4) is 6.07 Å². The van der Waals surface area contributed by atoms with Gasteiger partial charge in [-0.25, -0.2) is 4.39 Å². The van der Waals surface area contributed by atoms with Crippen LogP contribution >= 0.6 is 0 Å². The molecule has 1 aromatic rings. The van der Waals surface area contributed by atoms with E-state index in [1.54, 1.807) is 13.2 Å². The second kappa shape index (κ2) is 5.36. The number of anilines is 1. The third-order valence-corrected chi connectivity index (χ3v) is 3.57. The van der Waals surface area contributed by atoms with Gasteiger partial charge < -0.3 is 9.64 Å². The first kappa shape index (κ1) is 12.8. The van der Waals surface area contributed by atoms with E-state index in [9.17, 15) is 4.39 Å². The molecule has 2 unspecified atom stereocenters. The third-order valence-electron chi connectivity index (χ3n) is 3.57. The summed E-state index contributed by atoms with van der Waals surface area (Å²) in [6, 6.07) is 7.00. The lowest BCUT2D eigenvalue weighted by Crippen LogP contribution is -2.43. The highest BCUT2D eigenvalue weighted by Gasteiger charge is 2.27. The van der Waals surface area contributed by atoms with Gasteiger partial charge in [-0.15, -0.1) is 0 Å². The van der Waals surface area contributed by atoms with E-state index in [2.05, 4.69) is 11.8 Å². The van der Waals surface area contributed by atoms with Crippen molar-refractivity contribution in [1.29, 1.82) is 5.26 Å². The number of ether oxygens (including phenoxy) is 1. The molecule has 4 heteroatoms. The quantitative estimate of drug-likeness (QED) is 0.807. The van der Waals surface area contributed by atoms with Gasteiger partial charge in [0.25, 0.3) is 0 Å². The lowest BCUT2D eigenvalue weighted by molar-refractivity contribution is 0.0721. The number of benzene rings is 1. The first-order valence-electron chi connectivity index (χ1n) is 6.15. The van der Waals surface area contributed by atoms with Crippen LogP contribution in [0, 0.1) is 17.1 Å². The lowest BCUT2D eigenvalue weighted by atomic mass is 9.98. The molecule has 0 N–H and O–H groups in total. The highest BCUT2D eigenvalue weighted by molar-refractivity contribution is 5.60. The van der Waals surface area contributed by atoms with Gasteiger partial charge in [-0.3, -0.25) is 0 Å². The average Bonchev–Trinajstić information content (AvgIpc) is 2.38. The summed E-state index contributed by atoms with van der Waals surface area (Å²) < 4.78 is 19.0. The predicted molar refractivity (Wildman–Crippen MR) is 68.0 cm³/mol. The van der Waals surface area contributed by atoms with Crippen LogP contribution in [0.2, 0.25) is 0 Å². The standard InChI is InChI=1S/C14H17FN2O/c1-10-8-11(18-2)6-7-17(10)14-5-3-4-13(15)12(14)9-16/h3-5,10-11H,6-8H2,1-2H3. The maximum atomic E-state index is 13.6. The Kier molecular flexibility index (Phi) is 3.83. The molecular formula is C14H17FN2O. The van der Waals surface area contributed by atoms with Crippen LogP contribution in [-0.2, 0) is 4.74 Å². The summed E-state index contributed by atoms with van der Waals surface area (Å²) >= 11 is 0. The Balaban J connectivity index is 2.28. The summed E-state index contributed by atoms with van der Waals surface area (Å²) in [7, 11) is 1.72. The van der Waals surface area contributed by atoms with E-state index in [0.717, 1.165) is 19.4 Å². The Morgan fingerprint density at radius 3 is 2.89 bits per heavy atom. The maximum Gasteiger partial charge on any atom is 0.143 e. The molecule has 1 saturated heterocycles. The molecule has 1 fully saturated rings. The van der Waals surface area contributed by atoms with E-state index < -0.39 is 5.82 Å². The van der Waals surface area contributed by atoms with Crippen LogP contribution in [0.1, 0.15) is 25.3 Å². The van der Waals surface area contributed by atoms with Crippen molar-refractivity contribution in [3.05, 3.63) is 29.6 Å². The fourth-order valence-corrected chi connectivity index (χ4v) is 2.56. The van der Waals surface area contributed by atoms with Crippen molar-refractivity contribution >= 4 is 5.69 Å². The smallest absolute Gasteiger partial charge is 0.143 e. The Hall–Kier alpha value is -1.60. The first-order chi connectivity index (χ1) is 8.67. The van der Waals surface area contributed by atoms with E-state index in [0.29, 0.717) is 5.69 Å². The summed E-state index contributed by atoms with van der Waals surface area (Å²) in [5.41, 5.74) is 0.833. The van der Waals surface area contributed by atoms with E-state index >= 15 is 0 Å². The maximum absolute atomic E-state index is 13.6. The molecule has 1 heterocycles. The minimum absolute atomic E-state index is 0.139. The summed E-state index contributed by atoms with van der Waals surface area (Å²) in [5.74, 6) is -0.448. The lowest BCUT2D eigenvalue weighted by Gasteiger charge is -2.39. The summed E-state index contributed by atoms with van der Waals surface area (Å²) in [4.78, 5) is 2.09. The zero-order chi connectivity index (χ0) is 13.1. The SMILES string of the molecule is COC1CCN(c2cccc(F)c2C#N)C(C)C1. The zero-order valence-corrected chi connectivity index (χ0v) is 10.7. The van der Waals surface area contributed by atoms with Crippen LogP contribution in [0.25, 0.3) is 0 Å². The molecule has 0 aromatic heterocycles. The number of halogens is 1. The van der Waals surface area contributed by atoms with Crippen LogP contribution in [0.3, 0.4) is 0 Å². The molecular weight excluding hydrogens is 231 g/mol. The Morgan fingerprint density at radius 2 is 2.28 bits per heavy atom. The number of nitrogens with zero attached hydrogens (tertiary/aromatic N) is 2. The second-order valence-electron chi connectivity index (χ2n) is 4.67. The number of rotatable bonds is 2. The molecule has 0 bridgehead atoms. The molecule has 2 rings (SSSR count). The topological polar surface area (TPSA) is 36.3 Å². The molecule has 0 spiro atoms. The van der Waals surface area contributed by atoms with Gasteiger partial charge in [0.2, 0.25) is 0 Å². The number of nitriles is 1. The molecule has 0 saturated carbocycles. The van der Waals surface area contributed by atoms with E-state index in [4.69, 9.17) is 10.00 Å². The van der Waals surface area contributed by atoms with Crippen molar-refractivity contribution in [1.82, 2.24) is 0 Å². The van der Waals surface area contributed by atoms with E-state index in [1.807, 2.05) is 12.1 Å². The molecule has 1 aromatic carbocycles. The predicted octanol–water partition coefficient (Wildman–Crippen LogP) is 2.70. The minimum atomic E-state index is -0.448. The van der Waals surface area contributed by atoms with E-state index in [1.165, 1.54) is 6.07 Å². The van der Waals surface area contributed by atoms with Crippen LogP contribution in [0.15, 0.2) is 18.2 Å². The number of methoxy groups -OCH3 is 1. The summed E-state index contributed by atoms with van der Waals surface area (Å²) in [6.45, 7) is 2.87. The molecule has 2 atom stereocenters. The van der Waals surface area contributed by atoms with Gasteiger partial charge in [0, 0.05) is 19.7 Å². The molecule has 3 nitrogen and oxygen atoms in total. The molecule has 0 amide bonds. The largest absolute Gasteiger partial charge is 0.381 e. The number of hydrogen-bond acceptors (Lipinski definition) is 3. The number of piperidine rings is 1. The van der Waals surface area contributed by atoms with Crippen molar-refractivity contribution in [2.75, 3.05) is 18.6 Å². The second-order valence-corrected chi connectivity index (χ2v) is 4.67.